The molecule has 74 valence electrons. The van der Waals surface area contributed by atoms with Crippen molar-refractivity contribution >= 4 is 8.45 Å². The molecule has 1 unspecified atom stereocenters. The van der Waals surface area contributed by atoms with E-state index in [1.807, 2.05) is 0 Å². The first-order valence-corrected chi connectivity index (χ1v) is 5.56. The average Bonchev–Trinajstić information content (AvgIpc) is 1.99. The van der Waals surface area contributed by atoms with Crippen molar-refractivity contribution in [1.29, 1.82) is 0 Å². The Hall–Kier alpha value is 0.310. The lowest BCUT2D eigenvalue weighted by atomic mass is 10.7. The molecule has 0 aromatic heterocycles. The van der Waals surface area contributed by atoms with Crippen molar-refractivity contribution < 1.29 is 8.78 Å². The first-order valence-electron chi connectivity index (χ1n) is 4.39. The van der Waals surface area contributed by atoms with E-state index in [-0.39, 0.29) is 0 Å². The highest BCUT2D eigenvalue weighted by atomic mass is 31.2. The Bertz CT molecular complexity index is 128. The zero-order valence-electron chi connectivity index (χ0n) is 9.16. The highest BCUT2D eigenvalue weighted by Crippen LogP contribution is 2.46. The van der Waals surface area contributed by atoms with Gasteiger partial charge in [-0.05, 0) is 27.9 Å². The Balaban J connectivity index is 4.27. The van der Waals surface area contributed by atoms with E-state index in [1.54, 1.807) is 0 Å². The molecule has 0 amide bonds. The molecular weight excluding hydrogens is 171 g/mol. The van der Waals surface area contributed by atoms with E-state index in [0.717, 1.165) is 17.4 Å². The highest BCUT2D eigenvalue weighted by molar-refractivity contribution is 7.43. The third kappa shape index (κ3) is 3.36. The first kappa shape index (κ1) is 12.3. The van der Waals surface area contributed by atoms with Crippen LogP contribution in [-0.4, -0.2) is 50.3 Å². The third-order valence-electron chi connectivity index (χ3n) is 1.82. The second-order valence-electron chi connectivity index (χ2n) is 3.46. The van der Waals surface area contributed by atoms with Crippen LogP contribution >= 0.6 is 8.45 Å². The lowest BCUT2D eigenvalue weighted by molar-refractivity contribution is -0.770. The van der Waals surface area contributed by atoms with Crippen LogP contribution in [0, 0.1) is 0 Å². The molecule has 0 aliphatic carbocycles. The molecule has 0 rings (SSSR count). The fraction of sp³-hybridized carbons (Fsp3) is 1.00. The summed E-state index contributed by atoms with van der Waals surface area (Å²) in [5.74, 6) is 0. The fourth-order valence-electron chi connectivity index (χ4n) is 0.992. The van der Waals surface area contributed by atoms with Crippen molar-refractivity contribution in [2.75, 3.05) is 41.3 Å². The van der Waals surface area contributed by atoms with Crippen LogP contribution in [0.5, 0.6) is 0 Å². The maximum Gasteiger partial charge on any atom is 0.342 e. The van der Waals surface area contributed by atoms with Gasteiger partial charge in [0.25, 0.3) is 0 Å². The monoisotopic (exact) mass is 193 g/mol. The van der Waals surface area contributed by atoms with E-state index in [4.69, 9.17) is 4.52 Å². The third-order valence-corrected chi connectivity index (χ3v) is 4.21. The number of quaternary nitrogens is 1. The molecule has 0 spiro atoms. The van der Waals surface area contributed by atoms with Crippen LogP contribution in [0.1, 0.15) is 13.8 Å². The molecule has 3 nitrogen and oxygen atoms in total. The van der Waals surface area contributed by atoms with Gasteiger partial charge in [0.15, 0.2) is 0 Å². The van der Waals surface area contributed by atoms with Crippen molar-refractivity contribution in [3.8, 4) is 0 Å². The molecule has 0 radical (unpaired) electrons. The summed E-state index contributed by atoms with van der Waals surface area (Å²) in [6.07, 6.45) is 0. The standard InChI is InChI=1S/C8H22N2OP/c1-7-10(5,6)12(9(3)4)11-8-2/h7-8H2,1-6H3/q+1. The summed E-state index contributed by atoms with van der Waals surface area (Å²) in [5, 5.41) is 0. The van der Waals surface area contributed by atoms with Crippen molar-refractivity contribution in [2.24, 2.45) is 0 Å². The molecule has 0 aliphatic rings. The summed E-state index contributed by atoms with van der Waals surface area (Å²) in [6, 6.07) is 0. The van der Waals surface area contributed by atoms with Gasteiger partial charge < -0.3 is 0 Å². The molecule has 12 heavy (non-hydrogen) atoms. The molecule has 0 aromatic rings. The lowest BCUT2D eigenvalue weighted by Crippen LogP contribution is -2.38. The van der Waals surface area contributed by atoms with E-state index in [0.29, 0.717) is 0 Å². The zero-order valence-corrected chi connectivity index (χ0v) is 10.1. The van der Waals surface area contributed by atoms with Gasteiger partial charge in [0, 0.05) is 0 Å². The zero-order chi connectivity index (χ0) is 9.78. The second-order valence-corrected chi connectivity index (χ2v) is 6.10. The second kappa shape index (κ2) is 5.13. The van der Waals surface area contributed by atoms with Crippen LogP contribution in [0.4, 0.5) is 0 Å². The molecule has 0 bridgehead atoms. The van der Waals surface area contributed by atoms with Gasteiger partial charge in [0.2, 0.25) is 0 Å². The van der Waals surface area contributed by atoms with Crippen LogP contribution in [0.2, 0.25) is 0 Å². The summed E-state index contributed by atoms with van der Waals surface area (Å²) in [4.78, 5) is 0. The molecule has 4 heteroatoms. The Morgan fingerprint density at radius 1 is 1.25 bits per heavy atom. The van der Waals surface area contributed by atoms with Crippen LogP contribution in [-0.2, 0) is 4.52 Å². The van der Waals surface area contributed by atoms with Gasteiger partial charge in [0.05, 0.1) is 27.2 Å². The van der Waals surface area contributed by atoms with Gasteiger partial charge in [-0.25, -0.2) is 4.67 Å². The van der Waals surface area contributed by atoms with Crippen molar-refractivity contribution in [3.63, 3.8) is 0 Å². The lowest BCUT2D eigenvalue weighted by Gasteiger charge is -2.36. The van der Waals surface area contributed by atoms with E-state index in [2.05, 4.69) is 46.7 Å². The van der Waals surface area contributed by atoms with Gasteiger partial charge in [-0.1, -0.05) is 0 Å². The van der Waals surface area contributed by atoms with Crippen molar-refractivity contribution in [2.45, 2.75) is 13.8 Å². The van der Waals surface area contributed by atoms with Gasteiger partial charge in [-0.3, -0.25) is 8.78 Å². The Kier molecular flexibility index (Phi) is 5.26. The van der Waals surface area contributed by atoms with E-state index in [1.165, 1.54) is 0 Å². The topological polar surface area (TPSA) is 12.5 Å². The van der Waals surface area contributed by atoms with Crippen LogP contribution < -0.4 is 0 Å². The summed E-state index contributed by atoms with van der Waals surface area (Å²) >= 11 is 0. The summed E-state index contributed by atoms with van der Waals surface area (Å²) in [6.45, 7) is 6.14. The van der Waals surface area contributed by atoms with E-state index >= 15 is 0 Å². The first-order chi connectivity index (χ1) is 5.45. The molecule has 0 heterocycles. The normalized spacial score (nSPS) is 15.2. The van der Waals surface area contributed by atoms with Gasteiger partial charge in [-0.15, -0.1) is 0 Å². The van der Waals surface area contributed by atoms with Crippen LogP contribution in [0.3, 0.4) is 0 Å². The summed E-state index contributed by atoms with van der Waals surface area (Å²) < 4.78 is 8.85. The SMILES string of the molecule is CCOP(N(C)C)[N+](C)(C)CC. The Morgan fingerprint density at radius 2 is 1.75 bits per heavy atom. The number of nitrogens with zero attached hydrogens (tertiary/aromatic N) is 2. The van der Waals surface area contributed by atoms with Crippen LogP contribution in [0.25, 0.3) is 0 Å². The van der Waals surface area contributed by atoms with Crippen molar-refractivity contribution in [1.82, 2.24) is 4.67 Å². The minimum atomic E-state index is -0.492. The van der Waals surface area contributed by atoms with E-state index < -0.39 is 8.45 Å². The molecular formula is C8H22N2OP+. The minimum Gasteiger partial charge on any atom is -0.298 e. The van der Waals surface area contributed by atoms with Crippen molar-refractivity contribution in [3.05, 3.63) is 0 Å². The minimum absolute atomic E-state index is 0.492. The molecule has 0 saturated carbocycles. The quantitative estimate of drug-likeness (QED) is 0.618. The molecule has 0 N–H and O–H groups in total. The molecule has 0 aliphatic heterocycles. The largest absolute Gasteiger partial charge is 0.342 e. The van der Waals surface area contributed by atoms with Crippen LogP contribution in [0.15, 0.2) is 0 Å². The molecule has 1 atom stereocenters. The highest BCUT2D eigenvalue weighted by Gasteiger charge is 2.31. The summed E-state index contributed by atoms with van der Waals surface area (Å²) in [7, 11) is 8.09. The number of rotatable bonds is 5. The maximum absolute atomic E-state index is 5.72. The Labute approximate surface area is 77.8 Å². The predicted molar refractivity (Wildman–Crippen MR) is 54.9 cm³/mol. The number of hydrogen-bond donors (Lipinski definition) is 0. The van der Waals surface area contributed by atoms with Gasteiger partial charge in [0.1, 0.15) is 0 Å². The Morgan fingerprint density at radius 3 is 2.00 bits per heavy atom. The smallest absolute Gasteiger partial charge is 0.298 e. The fourth-order valence-corrected chi connectivity index (χ4v) is 2.98. The molecule has 0 fully saturated rings. The average molecular weight is 193 g/mol. The molecule has 0 aromatic carbocycles. The molecule has 0 saturated heterocycles. The predicted octanol–water partition coefficient (Wildman–Crippen LogP) is 1.91. The number of hydrogen-bond acceptors (Lipinski definition) is 2. The maximum atomic E-state index is 5.72. The van der Waals surface area contributed by atoms with Gasteiger partial charge >= 0.3 is 8.45 Å². The van der Waals surface area contributed by atoms with Gasteiger partial charge in [-0.2, -0.15) is 0 Å². The van der Waals surface area contributed by atoms with E-state index in [9.17, 15) is 0 Å². The summed E-state index contributed by atoms with van der Waals surface area (Å²) in [5.41, 5.74) is 0.